The van der Waals surface area contributed by atoms with E-state index < -0.39 is 11.4 Å². The zero-order valence-corrected chi connectivity index (χ0v) is 11.8. The molecule has 2 aliphatic rings. The molecule has 1 saturated heterocycles. The standard InChI is InChI=1S/C13H21N5O2/c1-2-13(12(19)20)6-3-7-17(9-13)8-11-14-15-16-18(11)10-4-5-10/h10H,2-9H2,1H3,(H,19,20). The third-order valence-corrected chi connectivity index (χ3v) is 4.61. The van der Waals surface area contributed by atoms with Gasteiger partial charge in [0.05, 0.1) is 18.0 Å². The van der Waals surface area contributed by atoms with Gasteiger partial charge >= 0.3 is 5.97 Å². The first-order valence-electron chi connectivity index (χ1n) is 7.37. The molecule has 1 aliphatic carbocycles. The number of hydrogen-bond acceptors (Lipinski definition) is 5. The van der Waals surface area contributed by atoms with Crippen molar-refractivity contribution in [3.63, 3.8) is 0 Å². The highest BCUT2D eigenvalue weighted by Crippen LogP contribution is 2.36. The average Bonchev–Trinajstić information content (AvgIpc) is 3.19. The van der Waals surface area contributed by atoms with Crippen molar-refractivity contribution in [3.8, 4) is 0 Å². The van der Waals surface area contributed by atoms with Crippen molar-refractivity contribution in [1.29, 1.82) is 0 Å². The molecular formula is C13H21N5O2. The molecule has 0 aromatic carbocycles. The van der Waals surface area contributed by atoms with Crippen LogP contribution in [0.5, 0.6) is 0 Å². The maximum atomic E-state index is 11.6. The van der Waals surface area contributed by atoms with Gasteiger partial charge in [0, 0.05) is 6.54 Å². The number of carboxylic acids is 1. The molecule has 110 valence electrons. The third kappa shape index (κ3) is 2.42. The van der Waals surface area contributed by atoms with Crippen LogP contribution in [0.2, 0.25) is 0 Å². The van der Waals surface area contributed by atoms with Crippen molar-refractivity contribution in [1.82, 2.24) is 25.1 Å². The van der Waals surface area contributed by atoms with Crippen LogP contribution in [0.15, 0.2) is 0 Å². The minimum atomic E-state index is -0.675. The second kappa shape index (κ2) is 5.12. The first-order valence-corrected chi connectivity index (χ1v) is 7.37. The fraction of sp³-hybridized carbons (Fsp3) is 0.846. The number of tetrazole rings is 1. The highest BCUT2D eigenvalue weighted by molar-refractivity contribution is 5.75. The van der Waals surface area contributed by atoms with E-state index in [0.717, 1.165) is 38.1 Å². The maximum Gasteiger partial charge on any atom is 0.310 e. The molecule has 2 fully saturated rings. The Bertz CT molecular complexity index is 499. The highest BCUT2D eigenvalue weighted by atomic mass is 16.4. The highest BCUT2D eigenvalue weighted by Gasteiger charge is 2.41. The number of hydrogen-bond donors (Lipinski definition) is 1. The number of aliphatic carboxylic acids is 1. The number of aromatic nitrogens is 4. The van der Waals surface area contributed by atoms with Crippen LogP contribution in [0.25, 0.3) is 0 Å². The van der Waals surface area contributed by atoms with Gasteiger partial charge in [-0.25, -0.2) is 4.68 Å². The lowest BCUT2D eigenvalue weighted by Gasteiger charge is -2.39. The normalized spacial score (nSPS) is 27.6. The number of nitrogens with zero attached hydrogens (tertiary/aromatic N) is 5. The van der Waals surface area contributed by atoms with Gasteiger partial charge in [0.25, 0.3) is 0 Å². The van der Waals surface area contributed by atoms with Crippen LogP contribution in [-0.4, -0.2) is 49.3 Å². The summed E-state index contributed by atoms with van der Waals surface area (Å²) in [6.07, 6.45) is 4.65. The molecule has 0 amide bonds. The van der Waals surface area contributed by atoms with E-state index in [4.69, 9.17) is 0 Å². The summed E-state index contributed by atoms with van der Waals surface area (Å²) in [5.41, 5.74) is -0.601. The molecule has 1 aromatic rings. The van der Waals surface area contributed by atoms with Gasteiger partial charge in [0.1, 0.15) is 0 Å². The van der Waals surface area contributed by atoms with Gasteiger partial charge < -0.3 is 5.11 Å². The maximum absolute atomic E-state index is 11.6. The van der Waals surface area contributed by atoms with Gasteiger partial charge in [0.2, 0.25) is 0 Å². The smallest absolute Gasteiger partial charge is 0.310 e. The van der Waals surface area contributed by atoms with Crippen LogP contribution < -0.4 is 0 Å². The Hall–Kier alpha value is -1.50. The Balaban J connectivity index is 1.71. The molecule has 0 radical (unpaired) electrons. The number of likely N-dealkylation sites (tertiary alicyclic amines) is 1. The third-order valence-electron chi connectivity index (χ3n) is 4.61. The molecular weight excluding hydrogens is 258 g/mol. The average molecular weight is 279 g/mol. The van der Waals surface area contributed by atoms with Crippen molar-refractivity contribution in [3.05, 3.63) is 5.82 Å². The SMILES string of the molecule is CCC1(C(=O)O)CCCN(Cc2nnnn2C2CC2)C1. The molecule has 1 saturated carbocycles. The first-order chi connectivity index (χ1) is 9.64. The van der Waals surface area contributed by atoms with Crippen molar-refractivity contribution >= 4 is 5.97 Å². The van der Waals surface area contributed by atoms with Crippen molar-refractivity contribution in [2.75, 3.05) is 13.1 Å². The molecule has 3 rings (SSSR count). The summed E-state index contributed by atoms with van der Waals surface area (Å²) in [6.45, 7) is 4.13. The minimum Gasteiger partial charge on any atom is -0.481 e. The number of piperidine rings is 1. The van der Waals surface area contributed by atoms with E-state index in [1.807, 2.05) is 11.6 Å². The lowest BCUT2D eigenvalue weighted by molar-refractivity contribution is -0.153. The fourth-order valence-electron chi connectivity index (χ4n) is 3.10. The Morgan fingerprint density at radius 2 is 2.30 bits per heavy atom. The molecule has 1 N–H and O–H groups in total. The van der Waals surface area contributed by atoms with E-state index >= 15 is 0 Å². The van der Waals surface area contributed by atoms with Crippen LogP contribution in [-0.2, 0) is 11.3 Å². The number of carboxylic acid groups (broad SMARTS) is 1. The lowest BCUT2D eigenvalue weighted by atomic mass is 9.77. The number of rotatable bonds is 5. The predicted molar refractivity (Wildman–Crippen MR) is 71.0 cm³/mol. The van der Waals surface area contributed by atoms with E-state index in [9.17, 15) is 9.90 Å². The molecule has 0 spiro atoms. The minimum absolute atomic E-state index is 0.459. The van der Waals surface area contributed by atoms with Crippen LogP contribution in [0.3, 0.4) is 0 Å². The van der Waals surface area contributed by atoms with Crippen molar-refractivity contribution < 1.29 is 9.90 Å². The Kier molecular flexibility index (Phi) is 3.45. The summed E-state index contributed by atoms with van der Waals surface area (Å²) < 4.78 is 1.91. The van der Waals surface area contributed by atoms with Crippen LogP contribution >= 0.6 is 0 Å². The van der Waals surface area contributed by atoms with Crippen molar-refractivity contribution in [2.45, 2.75) is 51.6 Å². The lowest BCUT2D eigenvalue weighted by Crippen LogP contribution is -2.47. The summed E-state index contributed by atoms with van der Waals surface area (Å²) in [5, 5.41) is 21.4. The molecule has 2 heterocycles. The molecule has 1 aromatic heterocycles. The van der Waals surface area contributed by atoms with Gasteiger partial charge in [-0.15, -0.1) is 5.10 Å². The predicted octanol–water partition coefficient (Wildman–Crippen LogP) is 1.08. The van der Waals surface area contributed by atoms with Crippen molar-refractivity contribution in [2.24, 2.45) is 5.41 Å². The Morgan fingerprint density at radius 1 is 1.50 bits per heavy atom. The summed E-state index contributed by atoms with van der Waals surface area (Å²) in [4.78, 5) is 13.8. The molecule has 1 aliphatic heterocycles. The second-order valence-corrected chi connectivity index (χ2v) is 6.02. The van der Waals surface area contributed by atoms with Gasteiger partial charge in [-0.3, -0.25) is 9.69 Å². The molecule has 7 heteroatoms. The molecule has 1 atom stereocenters. The zero-order chi connectivity index (χ0) is 14.2. The van der Waals surface area contributed by atoms with Gasteiger partial charge in [-0.2, -0.15) is 0 Å². The summed E-state index contributed by atoms with van der Waals surface area (Å²) in [7, 11) is 0. The molecule has 20 heavy (non-hydrogen) atoms. The van der Waals surface area contributed by atoms with E-state index in [-0.39, 0.29) is 0 Å². The Labute approximate surface area is 117 Å². The summed E-state index contributed by atoms with van der Waals surface area (Å²) >= 11 is 0. The van der Waals surface area contributed by atoms with Gasteiger partial charge in [0.15, 0.2) is 5.82 Å². The first kappa shape index (κ1) is 13.5. The van der Waals surface area contributed by atoms with Crippen LogP contribution in [0.4, 0.5) is 0 Å². The molecule has 1 unspecified atom stereocenters. The largest absolute Gasteiger partial charge is 0.481 e. The second-order valence-electron chi connectivity index (χ2n) is 6.02. The monoisotopic (exact) mass is 279 g/mol. The van der Waals surface area contributed by atoms with E-state index in [1.54, 1.807) is 0 Å². The quantitative estimate of drug-likeness (QED) is 0.868. The van der Waals surface area contributed by atoms with E-state index in [0.29, 0.717) is 25.6 Å². The zero-order valence-electron chi connectivity index (χ0n) is 11.8. The van der Waals surface area contributed by atoms with Crippen LogP contribution in [0, 0.1) is 5.41 Å². The molecule has 7 nitrogen and oxygen atoms in total. The number of carbonyl (C=O) groups is 1. The fourth-order valence-corrected chi connectivity index (χ4v) is 3.10. The topological polar surface area (TPSA) is 84.1 Å². The Morgan fingerprint density at radius 3 is 2.95 bits per heavy atom. The van der Waals surface area contributed by atoms with E-state index in [1.165, 1.54) is 0 Å². The van der Waals surface area contributed by atoms with Gasteiger partial charge in [-0.05, 0) is 49.1 Å². The summed E-state index contributed by atoms with van der Waals surface area (Å²) in [6, 6.07) is 0.459. The van der Waals surface area contributed by atoms with Gasteiger partial charge in [-0.1, -0.05) is 6.92 Å². The molecule has 0 bridgehead atoms. The summed E-state index contributed by atoms with van der Waals surface area (Å²) in [5.74, 6) is 0.191. The van der Waals surface area contributed by atoms with Crippen LogP contribution in [0.1, 0.15) is 50.9 Å². The van der Waals surface area contributed by atoms with E-state index in [2.05, 4.69) is 20.4 Å².